The molecule has 2 N–H and O–H groups in total. The van der Waals surface area contributed by atoms with Gasteiger partial charge in [0.1, 0.15) is 5.82 Å². The molecule has 0 amide bonds. The summed E-state index contributed by atoms with van der Waals surface area (Å²) in [6.07, 6.45) is 7.82. The van der Waals surface area contributed by atoms with Crippen molar-refractivity contribution >= 4 is 23.0 Å². The molecule has 2 aliphatic rings. The molecule has 8 nitrogen and oxygen atoms in total. The molecular weight excluding hydrogens is 451 g/mol. The number of ether oxygens (including phenoxy) is 2. The Morgan fingerprint density at radius 3 is 2.54 bits per heavy atom. The van der Waals surface area contributed by atoms with Gasteiger partial charge in [0, 0.05) is 25.8 Å². The van der Waals surface area contributed by atoms with E-state index in [1.54, 1.807) is 18.5 Å². The van der Waals surface area contributed by atoms with Crippen LogP contribution < -0.4 is 15.0 Å². The Bertz CT molecular complexity index is 994. The van der Waals surface area contributed by atoms with Crippen molar-refractivity contribution in [3.63, 3.8) is 0 Å². The number of hydrogen-bond acceptors (Lipinski definition) is 7. The normalized spacial score (nSPS) is 17.1. The maximum Gasteiger partial charge on any atom is 0.316 e. The van der Waals surface area contributed by atoms with Gasteiger partial charge >= 0.3 is 12.0 Å². The van der Waals surface area contributed by atoms with Crippen LogP contribution in [0, 0.1) is 11.7 Å². The van der Waals surface area contributed by atoms with Gasteiger partial charge in [-0.2, -0.15) is 0 Å². The maximum atomic E-state index is 15.4. The number of aromatic nitrogens is 2. The highest BCUT2D eigenvalue weighted by Gasteiger charge is 2.26. The Labute approximate surface area is 205 Å². The molecular formula is C26H35FN4O4. The lowest BCUT2D eigenvalue weighted by Crippen LogP contribution is -2.39. The van der Waals surface area contributed by atoms with Gasteiger partial charge in [0.25, 0.3) is 0 Å². The molecule has 4 rings (SSSR count). The van der Waals surface area contributed by atoms with Crippen molar-refractivity contribution < 1.29 is 23.8 Å². The number of aliphatic carboxylic acids is 1. The van der Waals surface area contributed by atoms with Gasteiger partial charge in [-0.1, -0.05) is 6.92 Å². The second-order valence-corrected chi connectivity index (χ2v) is 9.36. The van der Waals surface area contributed by atoms with E-state index in [2.05, 4.69) is 27.1 Å². The van der Waals surface area contributed by atoms with Crippen LogP contribution in [0.2, 0.25) is 0 Å². The number of halogens is 1. The van der Waals surface area contributed by atoms with E-state index in [9.17, 15) is 9.90 Å². The fraction of sp³-hybridized carbons (Fsp3) is 0.577. The molecule has 1 aliphatic carbocycles. The summed E-state index contributed by atoms with van der Waals surface area (Å²) in [6, 6.07) is 3.86. The number of carboxylic acid groups (broad SMARTS) is 1. The third-order valence-corrected chi connectivity index (χ3v) is 6.80. The number of carboxylic acids is 1. The van der Waals surface area contributed by atoms with Gasteiger partial charge in [-0.15, -0.1) is 0 Å². The van der Waals surface area contributed by atoms with E-state index in [-0.39, 0.29) is 18.3 Å². The maximum absolute atomic E-state index is 15.4. The molecule has 1 saturated heterocycles. The molecule has 0 bridgehead atoms. The zero-order valence-corrected chi connectivity index (χ0v) is 20.5. The lowest BCUT2D eigenvalue weighted by molar-refractivity contribution is -0.137. The summed E-state index contributed by atoms with van der Waals surface area (Å²) in [4.78, 5) is 22.2. The lowest BCUT2D eigenvalue weighted by atomic mass is 9.91. The van der Waals surface area contributed by atoms with Gasteiger partial charge in [0.2, 0.25) is 0 Å². The molecule has 1 saturated carbocycles. The molecule has 9 heteroatoms. The van der Waals surface area contributed by atoms with Crippen LogP contribution in [-0.4, -0.2) is 53.5 Å². The van der Waals surface area contributed by atoms with E-state index in [1.165, 1.54) is 18.9 Å². The number of nitrogens with zero attached hydrogens (tertiary/aromatic N) is 3. The SMILES string of the molecule is CCC(CC(=O)O)c1cc(Nc2cnc(OCC3CC3)nc2)c(N(CC)C2CCOCC2)cc1F. The largest absolute Gasteiger partial charge is 0.481 e. The molecule has 1 aliphatic heterocycles. The van der Waals surface area contributed by atoms with Crippen LogP contribution in [0.15, 0.2) is 24.5 Å². The first-order valence-electron chi connectivity index (χ1n) is 12.6. The van der Waals surface area contributed by atoms with Crippen molar-refractivity contribution in [3.8, 4) is 6.01 Å². The minimum Gasteiger partial charge on any atom is -0.481 e. The predicted molar refractivity (Wildman–Crippen MR) is 132 cm³/mol. The molecule has 1 aromatic heterocycles. The smallest absolute Gasteiger partial charge is 0.316 e. The van der Waals surface area contributed by atoms with Gasteiger partial charge in [-0.25, -0.2) is 14.4 Å². The Balaban J connectivity index is 1.65. The molecule has 35 heavy (non-hydrogen) atoms. The van der Waals surface area contributed by atoms with Crippen molar-refractivity contribution in [2.75, 3.05) is 36.6 Å². The van der Waals surface area contributed by atoms with E-state index in [4.69, 9.17) is 9.47 Å². The summed E-state index contributed by atoms with van der Waals surface area (Å²) < 4.78 is 26.6. The van der Waals surface area contributed by atoms with Gasteiger partial charge < -0.3 is 24.8 Å². The number of carbonyl (C=O) groups is 1. The zero-order chi connectivity index (χ0) is 24.8. The summed E-state index contributed by atoms with van der Waals surface area (Å²) in [7, 11) is 0. The molecule has 2 fully saturated rings. The first-order valence-corrected chi connectivity index (χ1v) is 12.6. The van der Waals surface area contributed by atoms with Crippen molar-refractivity contribution in [1.82, 2.24) is 9.97 Å². The summed E-state index contributed by atoms with van der Waals surface area (Å²) >= 11 is 0. The van der Waals surface area contributed by atoms with Crippen molar-refractivity contribution in [2.24, 2.45) is 5.92 Å². The van der Waals surface area contributed by atoms with Crippen molar-refractivity contribution in [2.45, 2.75) is 64.3 Å². The highest BCUT2D eigenvalue weighted by atomic mass is 19.1. The highest BCUT2D eigenvalue weighted by molar-refractivity contribution is 5.77. The molecule has 1 aromatic carbocycles. The van der Waals surface area contributed by atoms with Crippen molar-refractivity contribution in [1.29, 1.82) is 0 Å². The monoisotopic (exact) mass is 486 g/mol. The van der Waals surface area contributed by atoms with E-state index in [0.29, 0.717) is 61.7 Å². The van der Waals surface area contributed by atoms with Crippen LogP contribution in [0.25, 0.3) is 0 Å². The first kappa shape index (κ1) is 25.2. The van der Waals surface area contributed by atoms with Crippen LogP contribution >= 0.6 is 0 Å². The third kappa shape index (κ3) is 6.60. The molecule has 190 valence electrons. The number of rotatable bonds is 12. The summed E-state index contributed by atoms with van der Waals surface area (Å²) in [6.45, 7) is 6.63. The Morgan fingerprint density at radius 1 is 1.23 bits per heavy atom. The molecule has 1 unspecified atom stereocenters. The van der Waals surface area contributed by atoms with Gasteiger partial charge in [0.15, 0.2) is 0 Å². The van der Waals surface area contributed by atoms with Crippen LogP contribution in [0.5, 0.6) is 6.01 Å². The Kier molecular flexibility index (Phi) is 8.38. The average molecular weight is 487 g/mol. The van der Waals surface area contributed by atoms with Crippen LogP contribution in [-0.2, 0) is 9.53 Å². The molecule has 2 aromatic rings. The van der Waals surface area contributed by atoms with Gasteiger partial charge in [0.05, 0.1) is 42.5 Å². The number of hydrogen-bond donors (Lipinski definition) is 2. The molecule has 2 heterocycles. The topological polar surface area (TPSA) is 96.8 Å². The minimum absolute atomic E-state index is 0.125. The number of anilines is 3. The Hall–Kier alpha value is -2.94. The quantitative estimate of drug-likeness (QED) is 0.427. The van der Waals surface area contributed by atoms with Crippen molar-refractivity contribution in [3.05, 3.63) is 35.9 Å². The predicted octanol–water partition coefficient (Wildman–Crippen LogP) is 5.12. The minimum atomic E-state index is -0.942. The zero-order valence-electron chi connectivity index (χ0n) is 20.5. The van der Waals surface area contributed by atoms with Crippen LogP contribution in [0.4, 0.5) is 21.5 Å². The highest BCUT2D eigenvalue weighted by Crippen LogP contribution is 2.38. The second kappa shape index (κ2) is 11.7. The van der Waals surface area contributed by atoms with E-state index in [1.807, 2.05) is 6.92 Å². The van der Waals surface area contributed by atoms with Gasteiger partial charge in [-0.05, 0) is 68.6 Å². The molecule has 0 spiro atoms. The lowest BCUT2D eigenvalue weighted by Gasteiger charge is -2.37. The van der Waals surface area contributed by atoms with Crippen LogP contribution in [0.1, 0.15) is 63.9 Å². The summed E-state index contributed by atoms with van der Waals surface area (Å²) in [5.74, 6) is -1.14. The average Bonchev–Trinajstić information content (AvgIpc) is 3.69. The van der Waals surface area contributed by atoms with Gasteiger partial charge in [-0.3, -0.25) is 4.79 Å². The fourth-order valence-corrected chi connectivity index (χ4v) is 4.62. The second-order valence-electron chi connectivity index (χ2n) is 9.36. The Morgan fingerprint density at radius 2 is 1.94 bits per heavy atom. The van der Waals surface area contributed by atoms with E-state index < -0.39 is 11.9 Å². The summed E-state index contributed by atoms with van der Waals surface area (Å²) in [5, 5.41) is 12.7. The van der Waals surface area contributed by atoms with E-state index in [0.717, 1.165) is 18.5 Å². The summed E-state index contributed by atoms with van der Waals surface area (Å²) in [5.41, 5.74) is 2.49. The fourth-order valence-electron chi connectivity index (χ4n) is 4.62. The number of benzene rings is 1. The van der Waals surface area contributed by atoms with Crippen LogP contribution in [0.3, 0.4) is 0 Å². The number of nitrogens with one attached hydrogen (secondary N) is 1. The first-order chi connectivity index (χ1) is 17.0. The van der Waals surface area contributed by atoms with E-state index >= 15 is 4.39 Å². The molecule has 0 radical (unpaired) electrons. The standard InChI is InChI=1S/C26H35FN4O4/c1-3-18(11-25(32)33)21-12-23(30-19-14-28-26(29-15-19)35-16-17-5-6-17)24(13-22(21)27)31(4-2)20-7-9-34-10-8-20/h12-15,17-18,20,30H,3-11,16H2,1-2H3,(H,32,33). The third-order valence-electron chi connectivity index (χ3n) is 6.80. The molecule has 1 atom stereocenters.